The molecule has 4 rings (SSSR count). The first-order valence-electron chi connectivity index (χ1n) is 10.8. The topological polar surface area (TPSA) is 73.4 Å². The molecule has 0 saturated carbocycles. The number of nitrogens with one attached hydrogen (secondary N) is 2. The molecule has 7 nitrogen and oxygen atoms in total. The maximum Gasteiger partial charge on any atom is 0.319 e. The first-order chi connectivity index (χ1) is 16.0. The lowest BCUT2D eigenvalue weighted by atomic mass is 10.1. The Balaban J connectivity index is 1.17. The van der Waals surface area contributed by atoms with Crippen LogP contribution in [0.25, 0.3) is 0 Å². The molecule has 1 fully saturated rings. The highest BCUT2D eigenvalue weighted by Crippen LogP contribution is 2.21. The highest BCUT2D eigenvalue weighted by atomic mass is 35.5. The molecule has 1 aliphatic rings. The van der Waals surface area contributed by atoms with Crippen molar-refractivity contribution in [2.45, 2.75) is 13.3 Å². The second-order valence-corrected chi connectivity index (χ2v) is 9.13. The summed E-state index contributed by atoms with van der Waals surface area (Å²) in [4.78, 5) is 21.3. The van der Waals surface area contributed by atoms with Crippen LogP contribution in [0.3, 0.4) is 0 Å². The maximum absolute atomic E-state index is 13.2. The number of amides is 2. The standard InChI is InChI=1S/C23H26ClFN6OS/c1-16-2-4-17(5-3-16)14-21-28-23(33-29-21)31-12-10-30(11-13-31)9-8-26-22(32)27-18-6-7-20(25)19(24)15-18/h2-7,15H,8-14H2,1H3,(H2,26,27,32). The van der Waals surface area contributed by atoms with Crippen LogP contribution in [0.5, 0.6) is 0 Å². The van der Waals surface area contributed by atoms with E-state index in [4.69, 9.17) is 16.6 Å². The number of carbonyl (C=O) groups is 1. The van der Waals surface area contributed by atoms with Gasteiger partial charge in [0.05, 0.1) is 5.02 Å². The van der Waals surface area contributed by atoms with Crippen molar-refractivity contribution in [2.75, 3.05) is 49.5 Å². The second-order valence-electron chi connectivity index (χ2n) is 7.99. The van der Waals surface area contributed by atoms with Gasteiger partial charge in [-0.05, 0) is 30.7 Å². The Morgan fingerprint density at radius 3 is 2.64 bits per heavy atom. The van der Waals surface area contributed by atoms with Gasteiger partial charge in [-0.1, -0.05) is 41.4 Å². The predicted molar refractivity (Wildman–Crippen MR) is 131 cm³/mol. The number of hydrogen-bond acceptors (Lipinski definition) is 6. The fraction of sp³-hybridized carbons (Fsp3) is 0.348. The quantitative estimate of drug-likeness (QED) is 0.522. The average molecular weight is 489 g/mol. The molecule has 10 heteroatoms. The molecule has 2 N–H and O–H groups in total. The molecule has 33 heavy (non-hydrogen) atoms. The van der Waals surface area contributed by atoms with E-state index in [0.717, 1.165) is 50.1 Å². The number of halogens is 2. The van der Waals surface area contributed by atoms with E-state index in [1.807, 2.05) is 0 Å². The first-order valence-corrected chi connectivity index (χ1v) is 12.0. The summed E-state index contributed by atoms with van der Waals surface area (Å²) in [6.45, 7) is 6.88. The Morgan fingerprint density at radius 1 is 1.15 bits per heavy atom. The number of urea groups is 1. The highest BCUT2D eigenvalue weighted by molar-refractivity contribution is 7.09. The predicted octanol–water partition coefficient (Wildman–Crippen LogP) is 4.17. The van der Waals surface area contributed by atoms with E-state index in [9.17, 15) is 9.18 Å². The molecule has 174 valence electrons. The summed E-state index contributed by atoms with van der Waals surface area (Å²) in [7, 11) is 0. The van der Waals surface area contributed by atoms with Gasteiger partial charge in [-0.15, -0.1) is 0 Å². The average Bonchev–Trinajstić information content (AvgIpc) is 3.27. The van der Waals surface area contributed by atoms with Crippen molar-refractivity contribution in [3.05, 3.63) is 70.3 Å². The van der Waals surface area contributed by atoms with Gasteiger partial charge in [0.2, 0.25) is 5.13 Å². The number of piperazine rings is 1. The summed E-state index contributed by atoms with van der Waals surface area (Å²) in [6.07, 6.45) is 0.745. The van der Waals surface area contributed by atoms with Gasteiger partial charge in [0, 0.05) is 62.9 Å². The Morgan fingerprint density at radius 2 is 1.91 bits per heavy atom. The number of aromatic nitrogens is 2. The monoisotopic (exact) mass is 488 g/mol. The van der Waals surface area contributed by atoms with Crippen molar-refractivity contribution in [1.82, 2.24) is 19.6 Å². The fourth-order valence-corrected chi connectivity index (χ4v) is 4.49. The summed E-state index contributed by atoms with van der Waals surface area (Å²) >= 11 is 7.19. The van der Waals surface area contributed by atoms with Gasteiger partial charge in [0.25, 0.3) is 0 Å². The third-order valence-corrected chi connectivity index (χ3v) is 6.58. The summed E-state index contributed by atoms with van der Waals surface area (Å²) in [5.74, 6) is 0.344. The molecule has 1 aliphatic heterocycles. The van der Waals surface area contributed by atoms with Crippen molar-refractivity contribution in [3.63, 3.8) is 0 Å². The number of carbonyl (C=O) groups excluding carboxylic acids is 1. The van der Waals surface area contributed by atoms with E-state index in [1.54, 1.807) is 0 Å². The van der Waals surface area contributed by atoms with Crippen LogP contribution in [0.2, 0.25) is 5.02 Å². The van der Waals surface area contributed by atoms with Crippen LogP contribution in [-0.4, -0.2) is 59.6 Å². The SMILES string of the molecule is Cc1ccc(Cc2nsc(N3CCN(CCNC(=O)Nc4ccc(F)c(Cl)c4)CC3)n2)cc1. The molecule has 0 atom stereocenters. The second kappa shape index (κ2) is 10.9. The molecule has 1 saturated heterocycles. The summed E-state index contributed by atoms with van der Waals surface area (Å²) in [5.41, 5.74) is 2.91. The Labute approximate surface area is 201 Å². The molecule has 2 amide bonds. The lowest BCUT2D eigenvalue weighted by Gasteiger charge is -2.34. The normalized spacial score (nSPS) is 14.3. The highest BCUT2D eigenvalue weighted by Gasteiger charge is 2.20. The molecule has 0 radical (unpaired) electrons. The minimum absolute atomic E-state index is 0.0247. The molecule has 0 unspecified atom stereocenters. The van der Waals surface area contributed by atoms with E-state index in [2.05, 4.69) is 56.0 Å². The van der Waals surface area contributed by atoms with Gasteiger partial charge < -0.3 is 15.5 Å². The van der Waals surface area contributed by atoms with E-state index >= 15 is 0 Å². The third-order valence-electron chi connectivity index (χ3n) is 5.47. The minimum atomic E-state index is -0.516. The van der Waals surface area contributed by atoms with Crippen molar-refractivity contribution in [3.8, 4) is 0 Å². The van der Waals surface area contributed by atoms with Gasteiger partial charge in [-0.2, -0.15) is 4.37 Å². The van der Waals surface area contributed by atoms with E-state index in [1.165, 1.54) is 40.9 Å². The van der Waals surface area contributed by atoms with Crippen LogP contribution in [0.15, 0.2) is 42.5 Å². The van der Waals surface area contributed by atoms with Gasteiger partial charge in [0.1, 0.15) is 11.6 Å². The molecule has 0 aliphatic carbocycles. The largest absolute Gasteiger partial charge is 0.344 e. The van der Waals surface area contributed by atoms with Crippen LogP contribution in [0.1, 0.15) is 17.0 Å². The zero-order valence-electron chi connectivity index (χ0n) is 18.4. The Hall–Kier alpha value is -2.75. The number of benzene rings is 2. The summed E-state index contributed by atoms with van der Waals surface area (Å²) < 4.78 is 17.7. The number of anilines is 2. The van der Waals surface area contributed by atoms with Gasteiger partial charge >= 0.3 is 6.03 Å². The Bertz CT molecular complexity index is 1080. The van der Waals surface area contributed by atoms with Crippen LogP contribution < -0.4 is 15.5 Å². The molecular weight excluding hydrogens is 463 g/mol. The number of rotatable bonds is 7. The lowest BCUT2D eigenvalue weighted by molar-refractivity contribution is 0.240. The summed E-state index contributed by atoms with van der Waals surface area (Å²) in [6, 6.07) is 12.2. The lowest BCUT2D eigenvalue weighted by Crippen LogP contribution is -2.48. The minimum Gasteiger partial charge on any atom is -0.344 e. The molecule has 2 aromatic carbocycles. The third kappa shape index (κ3) is 6.63. The van der Waals surface area contributed by atoms with E-state index < -0.39 is 5.82 Å². The maximum atomic E-state index is 13.2. The van der Waals surface area contributed by atoms with E-state index in [0.29, 0.717) is 12.2 Å². The molecule has 1 aromatic heterocycles. The molecule has 0 spiro atoms. The van der Waals surface area contributed by atoms with Crippen molar-refractivity contribution in [1.29, 1.82) is 0 Å². The van der Waals surface area contributed by atoms with Gasteiger partial charge in [0.15, 0.2) is 0 Å². The number of aryl methyl sites for hydroxylation is 1. The fourth-order valence-electron chi connectivity index (χ4n) is 3.57. The Kier molecular flexibility index (Phi) is 7.74. The van der Waals surface area contributed by atoms with Crippen LogP contribution in [0, 0.1) is 12.7 Å². The summed E-state index contributed by atoms with van der Waals surface area (Å²) in [5, 5.41) is 6.42. The molecule has 2 heterocycles. The molecular formula is C23H26ClFN6OS. The van der Waals surface area contributed by atoms with Crippen molar-refractivity contribution < 1.29 is 9.18 Å². The zero-order chi connectivity index (χ0) is 23.2. The number of hydrogen-bond donors (Lipinski definition) is 2. The van der Waals surface area contributed by atoms with Crippen LogP contribution in [-0.2, 0) is 6.42 Å². The molecule has 0 bridgehead atoms. The van der Waals surface area contributed by atoms with Crippen LogP contribution in [0.4, 0.5) is 20.0 Å². The zero-order valence-corrected chi connectivity index (χ0v) is 19.9. The molecule has 3 aromatic rings. The van der Waals surface area contributed by atoms with E-state index in [-0.39, 0.29) is 11.1 Å². The van der Waals surface area contributed by atoms with Crippen molar-refractivity contribution in [2.24, 2.45) is 0 Å². The number of nitrogens with zero attached hydrogens (tertiary/aromatic N) is 4. The van der Waals surface area contributed by atoms with Gasteiger partial charge in [-0.25, -0.2) is 14.2 Å². The smallest absolute Gasteiger partial charge is 0.319 e. The first kappa shape index (κ1) is 23.4. The van der Waals surface area contributed by atoms with Crippen LogP contribution >= 0.6 is 23.1 Å². The van der Waals surface area contributed by atoms with Crippen molar-refractivity contribution >= 4 is 40.0 Å². The van der Waals surface area contributed by atoms with Gasteiger partial charge in [-0.3, -0.25) is 4.90 Å².